The number of esters is 1. The van der Waals surface area contributed by atoms with E-state index in [1.807, 2.05) is 0 Å². The third-order valence-electron chi connectivity index (χ3n) is 5.00. The van der Waals surface area contributed by atoms with Gasteiger partial charge in [0, 0.05) is 12.1 Å². The second-order valence-electron chi connectivity index (χ2n) is 9.24. The van der Waals surface area contributed by atoms with Gasteiger partial charge in [0.15, 0.2) is 0 Å². The van der Waals surface area contributed by atoms with Gasteiger partial charge in [-0.05, 0) is 80.6 Å². The van der Waals surface area contributed by atoms with E-state index in [-0.39, 0.29) is 12.0 Å². The zero-order chi connectivity index (χ0) is 27.2. The first-order valence-corrected chi connectivity index (χ1v) is 12.3. The van der Waals surface area contributed by atoms with Crippen molar-refractivity contribution in [1.29, 1.82) is 0 Å². The molecule has 0 radical (unpaired) electrons. The Balaban J connectivity index is 1.61. The van der Waals surface area contributed by atoms with Crippen molar-refractivity contribution in [2.45, 2.75) is 45.8 Å². The van der Waals surface area contributed by atoms with Crippen LogP contribution in [0.15, 0.2) is 60.0 Å². The van der Waals surface area contributed by atoms with Crippen molar-refractivity contribution in [2.75, 3.05) is 5.32 Å². The molecule has 9 nitrogen and oxygen atoms in total. The molecule has 0 aliphatic rings. The number of aliphatic carboxylic acids is 1. The maximum Gasteiger partial charge on any atom is 0.412 e. The average molecular weight is 525 g/mol. The van der Waals surface area contributed by atoms with Crippen LogP contribution < -0.4 is 15.4 Å². The number of carbonyl (C=O) groups is 4. The predicted octanol–water partition coefficient (Wildman–Crippen LogP) is 5.05. The Bertz CT molecular complexity index is 1280. The number of thiophene rings is 1. The molecule has 3 N–H and O–H groups in total. The maximum absolute atomic E-state index is 12.6. The molecule has 0 bridgehead atoms. The number of hydrogen-bond acceptors (Lipinski definition) is 7. The molecule has 3 aromatic rings. The van der Waals surface area contributed by atoms with Gasteiger partial charge in [0.05, 0.1) is 10.4 Å². The van der Waals surface area contributed by atoms with Gasteiger partial charge in [0.2, 0.25) is 0 Å². The van der Waals surface area contributed by atoms with Crippen LogP contribution in [-0.4, -0.2) is 40.7 Å². The summed E-state index contributed by atoms with van der Waals surface area (Å²) < 4.78 is 10.7. The first kappa shape index (κ1) is 27.4. The number of carboxylic acid groups (broad SMARTS) is 1. The summed E-state index contributed by atoms with van der Waals surface area (Å²) in [5.41, 5.74) is 1.40. The van der Waals surface area contributed by atoms with Gasteiger partial charge in [0.25, 0.3) is 5.91 Å². The Morgan fingerprint density at radius 1 is 1.03 bits per heavy atom. The van der Waals surface area contributed by atoms with Crippen LogP contribution in [0.3, 0.4) is 0 Å². The molecule has 1 unspecified atom stereocenters. The minimum Gasteiger partial charge on any atom is -0.480 e. The zero-order valence-electron chi connectivity index (χ0n) is 20.9. The molecule has 1 atom stereocenters. The van der Waals surface area contributed by atoms with Crippen molar-refractivity contribution in [3.8, 4) is 5.75 Å². The summed E-state index contributed by atoms with van der Waals surface area (Å²) in [6.07, 6.45) is -0.539. The molecule has 194 valence electrons. The van der Waals surface area contributed by atoms with Crippen LogP contribution >= 0.6 is 11.3 Å². The summed E-state index contributed by atoms with van der Waals surface area (Å²) in [4.78, 5) is 48.9. The molecule has 2 amide bonds. The Morgan fingerprint density at radius 2 is 1.73 bits per heavy atom. The molecule has 2 aromatic carbocycles. The normalized spacial score (nSPS) is 11.8. The third kappa shape index (κ3) is 8.18. The minimum atomic E-state index is -1.15. The number of anilines is 1. The first-order chi connectivity index (χ1) is 17.4. The lowest BCUT2D eigenvalue weighted by molar-refractivity contribution is -0.139. The SMILES string of the molecule is Cc1cc(CC(NC(=O)c2cccs2)C(=O)O)ccc1OC(=O)c1ccc(NC(=O)OC(C)(C)C)cc1. The fraction of sp³-hybridized carbons (Fsp3) is 0.259. The average Bonchev–Trinajstić information content (AvgIpc) is 3.34. The van der Waals surface area contributed by atoms with E-state index in [0.29, 0.717) is 27.4 Å². The Kier molecular flexibility index (Phi) is 8.67. The molecule has 0 aliphatic carbocycles. The summed E-state index contributed by atoms with van der Waals surface area (Å²) >= 11 is 1.23. The number of benzene rings is 2. The molecular formula is C27H28N2O7S. The Morgan fingerprint density at radius 3 is 2.30 bits per heavy atom. The Hall–Kier alpha value is -4.18. The van der Waals surface area contributed by atoms with E-state index >= 15 is 0 Å². The van der Waals surface area contributed by atoms with Crippen molar-refractivity contribution < 1.29 is 33.8 Å². The van der Waals surface area contributed by atoms with Crippen LogP contribution in [-0.2, 0) is 16.0 Å². The van der Waals surface area contributed by atoms with Gasteiger partial charge in [-0.15, -0.1) is 11.3 Å². The van der Waals surface area contributed by atoms with Crippen molar-refractivity contribution in [2.24, 2.45) is 0 Å². The van der Waals surface area contributed by atoms with Crippen LogP contribution in [0.1, 0.15) is 51.9 Å². The van der Waals surface area contributed by atoms with Gasteiger partial charge in [-0.2, -0.15) is 0 Å². The van der Waals surface area contributed by atoms with E-state index in [2.05, 4.69) is 10.6 Å². The summed E-state index contributed by atoms with van der Waals surface area (Å²) in [6, 6.07) is 13.3. The fourth-order valence-corrected chi connectivity index (χ4v) is 3.92. The third-order valence-corrected chi connectivity index (χ3v) is 5.86. The monoisotopic (exact) mass is 524 g/mol. The number of amides is 2. The highest BCUT2D eigenvalue weighted by Gasteiger charge is 2.22. The molecule has 10 heteroatoms. The lowest BCUT2D eigenvalue weighted by atomic mass is 10.0. The molecule has 1 aromatic heterocycles. The van der Waals surface area contributed by atoms with Gasteiger partial charge < -0.3 is 19.9 Å². The van der Waals surface area contributed by atoms with Crippen molar-refractivity contribution in [3.05, 3.63) is 81.5 Å². The summed E-state index contributed by atoms with van der Waals surface area (Å²) in [6.45, 7) is 7.01. The highest BCUT2D eigenvalue weighted by molar-refractivity contribution is 7.12. The number of carbonyl (C=O) groups excluding carboxylic acids is 3. The largest absolute Gasteiger partial charge is 0.480 e. The molecule has 37 heavy (non-hydrogen) atoms. The number of rotatable bonds is 8. The van der Waals surface area contributed by atoms with E-state index in [1.165, 1.54) is 23.5 Å². The standard InChI is InChI=1S/C27H28N2O7S/c1-16-14-17(15-20(24(31)32)29-23(30)22-6-5-13-37-22)7-12-21(16)35-25(33)18-8-10-19(11-9-18)28-26(34)36-27(2,3)4/h5-14,20H,15H2,1-4H3,(H,28,34)(H,29,30)(H,31,32). The lowest BCUT2D eigenvalue weighted by Gasteiger charge is -2.19. The van der Waals surface area contributed by atoms with Crippen LogP contribution in [0.4, 0.5) is 10.5 Å². The lowest BCUT2D eigenvalue weighted by Crippen LogP contribution is -2.42. The van der Waals surface area contributed by atoms with Gasteiger partial charge in [0.1, 0.15) is 17.4 Å². The number of ether oxygens (including phenoxy) is 2. The molecule has 1 heterocycles. The van der Waals surface area contributed by atoms with Crippen LogP contribution in [0.25, 0.3) is 0 Å². The van der Waals surface area contributed by atoms with Crippen molar-refractivity contribution in [1.82, 2.24) is 5.32 Å². The van der Waals surface area contributed by atoms with E-state index < -0.39 is 35.6 Å². The second kappa shape index (κ2) is 11.7. The molecule has 0 saturated carbocycles. The molecule has 0 aliphatic heterocycles. The number of aryl methyl sites for hydroxylation is 1. The second-order valence-corrected chi connectivity index (χ2v) is 10.2. The van der Waals surface area contributed by atoms with Gasteiger partial charge in [-0.25, -0.2) is 14.4 Å². The number of hydrogen-bond donors (Lipinski definition) is 3. The number of carboxylic acids is 1. The Labute approximate surface area is 218 Å². The highest BCUT2D eigenvalue weighted by Crippen LogP contribution is 2.22. The van der Waals surface area contributed by atoms with Crippen LogP contribution in [0, 0.1) is 6.92 Å². The zero-order valence-corrected chi connectivity index (χ0v) is 21.7. The molecule has 0 spiro atoms. The minimum absolute atomic E-state index is 0.0631. The van der Waals surface area contributed by atoms with E-state index in [0.717, 1.165) is 0 Å². The summed E-state index contributed by atoms with van der Waals surface area (Å²) in [5.74, 6) is -1.87. The molecule has 0 saturated heterocycles. The smallest absolute Gasteiger partial charge is 0.412 e. The quantitative estimate of drug-likeness (QED) is 0.278. The van der Waals surface area contributed by atoms with Gasteiger partial charge in [-0.3, -0.25) is 10.1 Å². The van der Waals surface area contributed by atoms with Crippen molar-refractivity contribution >= 4 is 41.0 Å². The van der Waals surface area contributed by atoms with E-state index in [9.17, 15) is 24.3 Å². The number of nitrogens with one attached hydrogen (secondary N) is 2. The van der Waals surface area contributed by atoms with Gasteiger partial charge >= 0.3 is 18.0 Å². The first-order valence-electron chi connectivity index (χ1n) is 11.4. The van der Waals surface area contributed by atoms with Crippen LogP contribution in [0.2, 0.25) is 0 Å². The fourth-order valence-electron chi connectivity index (χ4n) is 3.30. The molecular weight excluding hydrogens is 496 g/mol. The summed E-state index contributed by atoms with van der Waals surface area (Å²) in [5, 5.41) is 16.4. The summed E-state index contributed by atoms with van der Waals surface area (Å²) in [7, 11) is 0. The van der Waals surface area contributed by atoms with Crippen LogP contribution in [0.5, 0.6) is 5.75 Å². The maximum atomic E-state index is 12.6. The van der Waals surface area contributed by atoms with Gasteiger partial charge in [-0.1, -0.05) is 18.2 Å². The predicted molar refractivity (Wildman–Crippen MR) is 139 cm³/mol. The molecule has 3 rings (SSSR count). The highest BCUT2D eigenvalue weighted by atomic mass is 32.1. The van der Waals surface area contributed by atoms with Crippen molar-refractivity contribution in [3.63, 3.8) is 0 Å². The van der Waals surface area contributed by atoms with E-state index in [4.69, 9.17) is 9.47 Å². The molecule has 0 fully saturated rings. The van der Waals surface area contributed by atoms with E-state index in [1.54, 1.807) is 75.5 Å². The topological polar surface area (TPSA) is 131 Å².